The van der Waals surface area contributed by atoms with E-state index in [1.54, 1.807) is 18.5 Å². The van der Waals surface area contributed by atoms with E-state index in [4.69, 9.17) is 20.2 Å². The van der Waals surface area contributed by atoms with Crippen LogP contribution in [0.25, 0.3) is 11.3 Å². The number of nitrogens with zero attached hydrogens (tertiary/aromatic N) is 5. The van der Waals surface area contributed by atoms with Gasteiger partial charge in [-0.25, -0.2) is 19.7 Å². The summed E-state index contributed by atoms with van der Waals surface area (Å²) in [4.78, 5) is 30.9. The zero-order chi connectivity index (χ0) is 21.1. The average Bonchev–Trinajstić information content (AvgIpc) is 2.72. The van der Waals surface area contributed by atoms with Crippen molar-refractivity contribution >= 4 is 18.0 Å². The monoisotopic (exact) mass is 415 g/mol. The highest BCUT2D eigenvalue weighted by atomic mass is 16.5. The predicted molar refractivity (Wildman–Crippen MR) is 108 cm³/mol. The van der Waals surface area contributed by atoms with Gasteiger partial charge in [0, 0.05) is 49.5 Å². The SMILES string of the molecule is COC(=O)NC1CC(Oc2cc(-c3cnc(N)nc3)nc(N3CCOC[C@@H]3C)n2)C1. The number of methoxy groups -OCH3 is 1. The van der Waals surface area contributed by atoms with Gasteiger partial charge in [0.15, 0.2) is 0 Å². The lowest BCUT2D eigenvalue weighted by Crippen LogP contribution is -2.49. The zero-order valence-electron chi connectivity index (χ0n) is 16.9. The molecular formula is C19H25N7O4. The van der Waals surface area contributed by atoms with E-state index in [0.717, 1.165) is 5.56 Å². The number of ether oxygens (including phenoxy) is 3. The van der Waals surface area contributed by atoms with E-state index in [1.807, 2.05) is 0 Å². The number of carbonyl (C=O) groups excluding carboxylic acids is 1. The maximum absolute atomic E-state index is 11.3. The molecule has 3 N–H and O–H groups in total. The Hall–Kier alpha value is -3.21. The average molecular weight is 415 g/mol. The molecule has 1 atom stereocenters. The van der Waals surface area contributed by atoms with Crippen molar-refractivity contribution in [2.75, 3.05) is 37.5 Å². The second-order valence-electron chi connectivity index (χ2n) is 7.38. The van der Waals surface area contributed by atoms with Gasteiger partial charge in [-0.1, -0.05) is 0 Å². The normalized spacial score (nSPS) is 23.4. The second-order valence-corrected chi connectivity index (χ2v) is 7.38. The molecule has 1 amide bonds. The number of aromatic nitrogens is 4. The van der Waals surface area contributed by atoms with Crippen LogP contribution in [0.15, 0.2) is 18.5 Å². The summed E-state index contributed by atoms with van der Waals surface area (Å²) >= 11 is 0. The standard InChI is InChI=1S/C19H25N7O4/c1-11-10-29-4-3-26(11)18-24-15(12-8-21-17(20)22-9-12)7-16(25-18)30-14-5-13(6-14)23-19(27)28-2/h7-9,11,13-14H,3-6,10H2,1-2H3,(H,23,27)(H2,20,21,22)/t11-,13?,14?/m0/s1. The highest BCUT2D eigenvalue weighted by Gasteiger charge is 2.33. The summed E-state index contributed by atoms with van der Waals surface area (Å²) in [6.07, 6.45) is 4.13. The number of rotatable bonds is 5. The lowest BCUT2D eigenvalue weighted by Gasteiger charge is -2.36. The van der Waals surface area contributed by atoms with Gasteiger partial charge in [0.2, 0.25) is 17.8 Å². The minimum absolute atomic E-state index is 0.0352. The molecular weight excluding hydrogens is 390 g/mol. The molecule has 0 aromatic carbocycles. The molecule has 0 spiro atoms. The number of nitrogen functional groups attached to an aromatic ring is 1. The molecule has 3 heterocycles. The van der Waals surface area contributed by atoms with Crippen LogP contribution >= 0.6 is 0 Å². The topological polar surface area (TPSA) is 138 Å². The summed E-state index contributed by atoms with van der Waals surface area (Å²) in [6, 6.07) is 1.94. The van der Waals surface area contributed by atoms with Crippen molar-refractivity contribution in [1.29, 1.82) is 0 Å². The molecule has 0 unspecified atom stereocenters. The molecule has 2 fully saturated rings. The van der Waals surface area contributed by atoms with Gasteiger partial charge in [-0.2, -0.15) is 4.98 Å². The summed E-state index contributed by atoms with van der Waals surface area (Å²) in [6.45, 7) is 3.98. The van der Waals surface area contributed by atoms with Gasteiger partial charge in [-0.3, -0.25) is 0 Å². The summed E-state index contributed by atoms with van der Waals surface area (Å²) in [5.74, 6) is 1.23. The number of morpholine rings is 1. The van der Waals surface area contributed by atoms with Crippen LogP contribution in [-0.4, -0.2) is 71.1 Å². The fourth-order valence-electron chi connectivity index (χ4n) is 3.42. The van der Waals surface area contributed by atoms with E-state index in [-0.39, 0.29) is 24.1 Å². The molecule has 11 nitrogen and oxygen atoms in total. The molecule has 1 aliphatic carbocycles. The van der Waals surface area contributed by atoms with E-state index >= 15 is 0 Å². The minimum atomic E-state index is -0.435. The number of carbonyl (C=O) groups is 1. The number of anilines is 2. The third-order valence-corrected chi connectivity index (χ3v) is 5.17. The molecule has 2 aliphatic rings. The third-order valence-electron chi connectivity index (χ3n) is 5.17. The Kier molecular flexibility index (Phi) is 5.79. The van der Waals surface area contributed by atoms with Crippen molar-refractivity contribution in [3.8, 4) is 17.1 Å². The Morgan fingerprint density at radius 2 is 2.07 bits per heavy atom. The Labute approximate surface area is 174 Å². The van der Waals surface area contributed by atoms with Crippen LogP contribution in [0.4, 0.5) is 16.7 Å². The molecule has 30 heavy (non-hydrogen) atoms. The van der Waals surface area contributed by atoms with Crippen LogP contribution in [0.3, 0.4) is 0 Å². The van der Waals surface area contributed by atoms with Gasteiger partial charge in [-0.15, -0.1) is 0 Å². The van der Waals surface area contributed by atoms with Gasteiger partial charge >= 0.3 is 6.09 Å². The number of amides is 1. The van der Waals surface area contributed by atoms with E-state index in [0.29, 0.717) is 50.1 Å². The van der Waals surface area contributed by atoms with Crippen LogP contribution in [-0.2, 0) is 9.47 Å². The zero-order valence-corrected chi connectivity index (χ0v) is 16.9. The van der Waals surface area contributed by atoms with E-state index in [9.17, 15) is 4.79 Å². The largest absolute Gasteiger partial charge is 0.474 e. The molecule has 1 saturated carbocycles. The number of hydrogen-bond donors (Lipinski definition) is 2. The van der Waals surface area contributed by atoms with Gasteiger partial charge < -0.3 is 30.2 Å². The summed E-state index contributed by atoms with van der Waals surface area (Å²) in [7, 11) is 1.35. The van der Waals surface area contributed by atoms with Crippen molar-refractivity contribution in [3.63, 3.8) is 0 Å². The lowest BCUT2D eigenvalue weighted by atomic mass is 9.89. The molecule has 1 saturated heterocycles. The van der Waals surface area contributed by atoms with Gasteiger partial charge in [0.05, 0.1) is 32.1 Å². The summed E-state index contributed by atoms with van der Waals surface area (Å²) in [5, 5.41) is 2.77. The van der Waals surface area contributed by atoms with Crippen molar-refractivity contribution in [2.24, 2.45) is 0 Å². The smallest absolute Gasteiger partial charge is 0.407 e. The van der Waals surface area contributed by atoms with Gasteiger partial charge in [0.1, 0.15) is 6.10 Å². The third kappa shape index (κ3) is 4.51. The molecule has 160 valence electrons. The molecule has 0 radical (unpaired) electrons. The van der Waals surface area contributed by atoms with Crippen molar-refractivity contribution in [1.82, 2.24) is 25.3 Å². The minimum Gasteiger partial charge on any atom is -0.474 e. The van der Waals surface area contributed by atoms with E-state index in [1.165, 1.54) is 7.11 Å². The highest BCUT2D eigenvalue weighted by molar-refractivity contribution is 5.67. The molecule has 1 aliphatic heterocycles. The fraction of sp³-hybridized carbons (Fsp3) is 0.526. The van der Waals surface area contributed by atoms with Crippen molar-refractivity contribution in [2.45, 2.75) is 38.0 Å². The molecule has 11 heteroatoms. The summed E-state index contributed by atoms with van der Waals surface area (Å²) in [5.41, 5.74) is 6.98. The molecule has 2 aromatic rings. The summed E-state index contributed by atoms with van der Waals surface area (Å²) < 4.78 is 16.2. The molecule has 4 rings (SSSR count). The van der Waals surface area contributed by atoms with Crippen LogP contribution < -0.4 is 20.7 Å². The van der Waals surface area contributed by atoms with Gasteiger partial charge in [0.25, 0.3) is 0 Å². The number of alkyl carbamates (subject to hydrolysis) is 1. The van der Waals surface area contributed by atoms with Crippen molar-refractivity contribution in [3.05, 3.63) is 18.5 Å². The Balaban J connectivity index is 1.55. The van der Waals surface area contributed by atoms with Gasteiger partial charge in [-0.05, 0) is 6.92 Å². The van der Waals surface area contributed by atoms with Crippen LogP contribution in [0.1, 0.15) is 19.8 Å². The van der Waals surface area contributed by atoms with E-state index in [2.05, 4.69) is 36.8 Å². The number of nitrogens with one attached hydrogen (secondary N) is 1. The Morgan fingerprint density at radius 3 is 2.77 bits per heavy atom. The quantitative estimate of drug-likeness (QED) is 0.727. The first-order valence-corrected chi connectivity index (χ1v) is 9.84. The first-order valence-electron chi connectivity index (χ1n) is 9.84. The Morgan fingerprint density at radius 1 is 1.30 bits per heavy atom. The van der Waals surface area contributed by atoms with E-state index < -0.39 is 6.09 Å². The molecule has 2 aromatic heterocycles. The fourth-order valence-corrected chi connectivity index (χ4v) is 3.42. The van der Waals surface area contributed by atoms with Crippen LogP contribution in [0.5, 0.6) is 5.88 Å². The number of hydrogen-bond acceptors (Lipinski definition) is 10. The maximum Gasteiger partial charge on any atom is 0.407 e. The highest BCUT2D eigenvalue weighted by Crippen LogP contribution is 2.29. The Bertz CT molecular complexity index is 889. The second kappa shape index (κ2) is 8.66. The molecule has 0 bridgehead atoms. The van der Waals surface area contributed by atoms with Crippen LogP contribution in [0.2, 0.25) is 0 Å². The number of nitrogens with two attached hydrogens (primary N) is 1. The lowest BCUT2D eigenvalue weighted by molar-refractivity contribution is 0.0760. The maximum atomic E-state index is 11.3. The van der Waals surface area contributed by atoms with Crippen LogP contribution in [0, 0.1) is 0 Å². The first kappa shape index (κ1) is 20.1. The van der Waals surface area contributed by atoms with Crippen molar-refractivity contribution < 1.29 is 19.0 Å². The first-order chi connectivity index (χ1) is 14.5. The predicted octanol–water partition coefficient (Wildman–Crippen LogP) is 1.01.